The van der Waals surface area contributed by atoms with E-state index >= 15 is 0 Å². The Hall–Kier alpha value is -0.540. The van der Waals surface area contributed by atoms with E-state index in [-0.39, 0.29) is 0 Å². The van der Waals surface area contributed by atoms with Crippen molar-refractivity contribution in [3.63, 3.8) is 0 Å². The van der Waals surface area contributed by atoms with Crippen LogP contribution in [0.15, 0.2) is 22.7 Å². The van der Waals surface area contributed by atoms with E-state index in [9.17, 15) is 0 Å². The molecule has 1 aromatic rings. The molecule has 88 valence electrons. The average Bonchev–Trinajstić information content (AvgIpc) is 3.09. The molecule has 0 saturated carbocycles. The van der Waals surface area contributed by atoms with Gasteiger partial charge in [0.1, 0.15) is 5.75 Å². The molecule has 0 N–H and O–H groups in total. The number of benzene rings is 1. The Kier molecular flexibility index (Phi) is 4.24. The molecule has 3 heteroatoms. The number of rotatable bonds is 6. The molecule has 1 unspecified atom stereocenters. The number of hydrogen-bond acceptors (Lipinski definition) is 2. The van der Waals surface area contributed by atoms with Gasteiger partial charge in [-0.3, -0.25) is 0 Å². The number of halogens is 1. The zero-order valence-corrected chi connectivity index (χ0v) is 11.1. The summed E-state index contributed by atoms with van der Waals surface area (Å²) in [6.07, 6.45) is 3.65. The highest BCUT2D eigenvalue weighted by Crippen LogP contribution is 2.26. The molecule has 0 bridgehead atoms. The molecule has 16 heavy (non-hydrogen) atoms. The number of epoxide rings is 1. The van der Waals surface area contributed by atoms with Gasteiger partial charge in [-0.05, 0) is 43.0 Å². The summed E-state index contributed by atoms with van der Waals surface area (Å²) in [6, 6.07) is 6.22. The molecule has 2 nitrogen and oxygen atoms in total. The normalized spacial score (nSPS) is 18.5. The van der Waals surface area contributed by atoms with Crippen LogP contribution in [-0.4, -0.2) is 19.3 Å². The van der Waals surface area contributed by atoms with E-state index in [1.165, 1.54) is 5.56 Å². The minimum atomic E-state index is 0.484. The highest BCUT2D eigenvalue weighted by atomic mass is 79.9. The molecule has 1 aliphatic rings. The molecule has 1 atom stereocenters. The molecule has 1 aromatic carbocycles. The van der Waals surface area contributed by atoms with Crippen molar-refractivity contribution in [3.05, 3.63) is 28.2 Å². The molecule has 0 spiro atoms. The van der Waals surface area contributed by atoms with E-state index in [0.717, 1.165) is 42.7 Å². The Balaban J connectivity index is 2.01. The molecular weight excluding hydrogens is 268 g/mol. The maximum Gasteiger partial charge on any atom is 0.122 e. The van der Waals surface area contributed by atoms with Crippen molar-refractivity contribution >= 4 is 15.9 Å². The Morgan fingerprint density at radius 2 is 2.31 bits per heavy atom. The van der Waals surface area contributed by atoms with E-state index in [1.54, 1.807) is 0 Å². The van der Waals surface area contributed by atoms with Crippen molar-refractivity contribution in [3.8, 4) is 5.75 Å². The van der Waals surface area contributed by atoms with Gasteiger partial charge in [-0.1, -0.05) is 22.9 Å². The molecule has 1 aliphatic heterocycles. The summed E-state index contributed by atoms with van der Waals surface area (Å²) >= 11 is 3.50. The number of aryl methyl sites for hydroxylation is 1. The Morgan fingerprint density at radius 3 is 3.00 bits per heavy atom. The van der Waals surface area contributed by atoms with E-state index < -0.39 is 0 Å². The second-order valence-corrected chi connectivity index (χ2v) is 5.01. The topological polar surface area (TPSA) is 21.8 Å². The first-order valence-electron chi connectivity index (χ1n) is 5.82. The molecule has 1 fully saturated rings. The first-order chi connectivity index (χ1) is 7.79. The average molecular weight is 285 g/mol. The molecule has 1 heterocycles. The fraction of sp³-hybridized carbons (Fsp3) is 0.538. The lowest BCUT2D eigenvalue weighted by molar-refractivity contribution is 0.313. The fourth-order valence-corrected chi connectivity index (χ4v) is 2.06. The van der Waals surface area contributed by atoms with Crippen LogP contribution in [0, 0.1) is 0 Å². The van der Waals surface area contributed by atoms with Gasteiger partial charge in [0.15, 0.2) is 0 Å². The molecule has 0 radical (unpaired) electrons. The predicted octanol–water partition coefficient (Wildman–Crippen LogP) is 3.57. The zero-order valence-electron chi connectivity index (χ0n) is 9.54. The lowest BCUT2D eigenvalue weighted by atomic mass is 10.1. The standard InChI is InChI=1S/C13H17BrO2/c1-2-7-15-13-6-4-11(14)8-10(13)3-5-12-9-16-12/h4,6,8,12H,2-3,5,7,9H2,1H3. The molecule has 0 amide bonds. The van der Waals surface area contributed by atoms with Gasteiger partial charge in [0, 0.05) is 4.47 Å². The quantitative estimate of drug-likeness (QED) is 0.745. The van der Waals surface area contributed by atoms with Crippen molar-refractivity contribution in [2.24, 2.45) is 0 Å². The van der Waals surface area contributed by atoms with E-state index in [2.05, 4.69) is 28.9 Å². The minimum Gasteiger partial charge on any atom is -0.493 e. The summed E-state index contributed by atoms with van der Waals surface area (Å²) < 4.78 is 12.1. The summed E-state index contributed by atoms with van der Waals surface area (Å²) in [4.78, 5) is 0. The summed E-state index contributed by atoms with van der Waals surface area (Å²) in [5.74, 6) is 1.02. The van der Waals surface area contributed by atoms with Crippen LogP contribution in [0.3, 0.4) is 0 Å². The Labute approximate surface area is 105 Å². The molecule has 1 saturated heterocycles. The lowest BCUT2D eigenvalue weighted by Crippen LogP contribution is -2.00. The minimum absolute atomic E-state index is 0.484. The van der Waals surface area contributed by atoms with Crippen LogP contribution < -0.4 is 4.74 Å². The van der Waals surface area contributed by atoms with E-state index in [0.29, 0.717) is 6.10 Å². The van der Waals surface area contributed by atoms with Crippen LogP contribution in [-0.2, 0) is 11.2 Å². The predicted molar refractivity (Wildman–Crippen MR) is 68.0 cm³/mol. The van der Waals surface area contributed by atoms with Crippen molar-refractivity contribution in [2.75, 3.05) is 13.2 Å². The third-order valence-electron chi connectivity index (χ3n) is 2.62. The highest BCUT2D eigenvalue weighted by molar-refractivity contribution is 9.10. The zero-order chi connectivity index (χ0) is 11.4. The number of hydrogen-bond donors (Lipinski definition) is 0. The largest absolute Gasteiger partial charge is 0.493 e. The third kappa shape index (κ3) is 3.49. The maximum atomic E-state index is 5.73. The second-order valence-electron chi connectivity index (χ2n) is 4.09. The van der Waals surface area contributed by atoms with Crippen LogP contribution in [0.1, 0.15) is 25.3 Å². The fourth-order valence-electron chi connectivity index (χ4n) is 1.65. The first kappa shape index (κ1) is 11.9. The van der Waals surface area contributed by atoms with Gasteiger partial charge in [-0.15, -0.1) is 0 Å². The van der Waals surface area contributed by atoms with Gasteiger partial charge in [0.25, 0.3) is 0 Å². The van der Waals surface area contributed by atoms with Crippen LogP contribution >= 0.6 is 15.9 Å². The van der Waals surface area contributed by atoms with Crippen LogP contribution in [0.5, 0.6) is 5.75 Å². The first-order valence-corrected chi connectivity index (χ1v) is 6.61. The second kappa shape index (κ2) is 5.69. The summed E-state index contributed by atoms with van der Waals surface area (Å²) in [5, 5.41) is 0. The summed E-state index contributed by atoms with van der Waals surface area (Å²) in [5.41, 5.74) is 1.28. The van der Waals surface area contributed by atoms with E-state index in [4.69, 9.17) is 9.47 Å². The summed E-state index contributed by atoms with van der Waals surface area (Å²) in [7, 11) is 0. The Bertz CT molecular complexity index is 348. The smallest absolute Gasteiger partial charge is 0.122 e. The van der Waals surface area contributed by atoms with Crippen LogP contribution in [0.25, 0.3) is 0 Å². The van der Waals surface area contributed by atoms with Gasteiger partial charge in [0.05, 0.1) is 19.3 Å². The third-order valence-corrected chi connectivity index (χ3v) is 3.12. The van der Waals surface area contributed by atoms with Gasteiger partial charge >= 0.3 is 0 Å². The van der Waals surface area contributed by atoms with Crippen molar-refractivity contribution in [1.29, 1.82) is 0 Å². The van der Waals surface area contributed by atoms with E-state index in [1.807, 2.05) is 12.1 Å². The van der Waals surface area contributed by atoms with Crippen molar-refractivity contribution in [2.45, 2.75) is 32.3 Å². The lowest BCUT2D eigenvalue weighted by Gasteiger charge is -2.10. The molecule has 0 aliphatic carbocycles. The van der Waals surface area contributed by atoms with Gasteiger partial charge < -0.3 is 9.47 Å². The van der Waals surface area contributed by atoms with Crippen molar-refractivity contribution in [1.82, 2.24) is 0 Å². The molecule has 0 aromatic heterocycles. The highest BCUT2D eigenvalue weighted by Gasteiger charge is 2.22. The maximum absolute atomic E-state index is 5.73. The van der Waals surface area contributed by atoms with Gasteiger partial charge in [-0.2, -0.15) is 0 Å². The SMILES string of the molecule is CCCOc1ccc(Br)cc1CCC1CO1. The van der Waals surface area contributed by atoms with Gasteiger partial charge in [0.2, 0.25) is 0 Å². The van der Waals surface area contributed by atoms with Crippen LogP contribution in [0.2, 0.25) is 0 Å². The van der Waals surface area contributed by atoms with Gasteiger partial charge in [-0.25, -0.2) is 0 Å². The van der Waals surface area contributed by atoms with Crippen molar-refractivity contribution < 1.29 is 9.47 Å². The monoisotopic (exact) mass is 284 g/mol. The molecular formula is C13H17BrO2. The summed E-state index contributed by atoms with van der Waals surface area (Å²) in [6.45, 7) is 3.84. The van der Waals surface area contributed by atoms with Crippen LogP contribution in [0.4, 0.5) is 0 Å². The molecule has 2 rings (SSSR count). The number of ether oxygens (including phenoxy) is 2. The Morgan fingerprint density at radius 1 is 1.50 bits per heavy atom.